The van der Waals surface area contributed by atoms with Gasteiger partial charge in [0.15, 0.2) is 23.1 Å². The maximum absolute atomic E-state index is 14.2. The van der Waals surface area contributed by atoms with Crippen molar-refractivity contribution in [2.45, 2.75) is 19.0 Å². The van der Waals surface area contributed by atoms with Crippen LogP contribution in [0.25, 0.3) is 0 Å². The van der Waals surface area contributed by atoms with Gasteiger partial charge in [-0.3, -0.25) is 0 Å². The number of aromatic hydroxyl groups is 2. The van der Waals surface area contributed by atoms with Crippen molar-refractivity contribution in [3.05, 3.63) is 58.7 Å². The molecule has 8 heteroatoms. The first-order chi connectivity index (χ1) is 11.3. The largest absolute Gasteiger partial charge is 0.505 e. The molecule has 2 aromatic carbocycles. The normalized spacial score (nSPS) is 13.8. The van der Waals surface area contributed by atoms with Gasteiger partial charge in [-0.2, -0.15) is 0 Å². The maximum Gasteiger partial charge on any atom is 0.172 e. The minimum absolute atomic E-state index is 0.176. The van der Waals surface area contributed by atoms with Crippen LogP contribution < -0.4 is 11.1 Å². The van der Waals surface area contributed by atoms with Crippen LogP contribution in [0.2, 0.25) is 0 Å². The molecule has 0 bridgehead atoms. The van der Waals surface area contributed by atoms with Crippen LogP contribution in [0.1, 0.15) is 30.1 Å². The number of hydrogen-bond acceptors (Lipinski definition) is 4. The lowest BCUT2D eigenvalue weighted by atomic mass is 9.92. The summed E-state index contributed by atoms with van der Waals surface area (Å²) in [4.78, 5) is 0. The first-order valence-electron chi connectivity index (χ1n) is 7.12. The van der Waals surface area contributed by atoms with Crippen LogP contribution in [0.4, 0.5) is 17.6 Å². The lowest BCUT2D eigenvalue weighted by Crippen LogP contribution is -2.34. The van der Waals surface area contributed by atoms with Crippen molar-refractivity contribution in [3.8, 4) is 11.5 Å². The number of halogens is 4. The Labute approximate surface area is 135 Å². The Kier molecular flexibility index (Phi) is 5.30. The van der Waals surface area contributed by atoms with Crippen molar-refractivity contribution >= 4 is 0 Å². The quantitative estimate of drug-likeness (QED) is 0.629. The molecule has 0 amide bonds. The van der Waals surface area contributed by atoms with Crippen LogP contribution >= 0.6 is 0 Å². The standard InChI is InChI=1S/C16H16F4N2O2/c1-2-22-16(12-8(18)4-6-10(24)14(12)20)15(21)11-7(17)3-5-9(23)13(11)19/h3-6,15-16,22-24H,2,21H2,1H3. The molecule has 2 aromatic rings. The van der Waals surface area contributed by atoms with Gasteiger partial charge in [0.05, 0.1) is 12.1 Å². The molecular weight excluding hydrogens is 328 g/mol. The summed E-state index contributed by atoms with van der Waals surface area (Å²) in [5.74, 6) is -6.36. The second kappa shape index (κ2) is 7.06. The van der Waals surface area contributed by atoms with Gasteiger partial charge in [-0.05, 0) is 30.8 Å². The number of phenols is 2. The molecule has 5 N–H and O–H groups in total. The van der Waals surface area contributed by atoms with E-state index in [9.17, 15) is 27.8 Å². The van der Waals surface area contributed by atoms with E-state index in [1.54, 1.807) is 6.92 Å². The van der Waals surface area contributed by atoms with Crippen molar-refractivity contribution in [3.63, 3.8) is 0 Å². The number of rotatable bonds is 5. The first-order valence-corrected chi connectivity index (χ1v) is 7.12. The molecule has 2 unspecified atom stereocenters. The third-order valence-electron chi connectivity index (χ3n) is 3.64. The molecule has 0 spiro atoms. The second-order valence-corrected chi connectivity index (χ2v) is 5.15. The average Bonchev–Trinajstić information content (AvgIpc) is 2.54. The van der Waals surface area contributed by atoms with E-state index in [-0.39, 0.29) is 6.54 Å². The molecule has 24 heavy (non-hydrogen) atoms. The summed E-state index contributed by atoms with van der Waals surface area (Å²) in [5, 5.41) is 21.5. The summed E-state index contributed by atoms with van der Waals surface area (Å²) in [6, 6.07) is 0.290. The van der Waals surface area contributed by atoms with Crippen LogP contribution in [0.5, 0.6) is 11.5 Å². The Hall–Kier alpha value is -2.32. The summed E-state index contributed by atoms with van der Waals surface area (Å²) >= 11 is 0. The van der Waals surface area contributed by atoms with E-state index < -0.39 is 58.0 Å². The molecule has 0 aliphatic rings. The van der Waals surface area contributed by atoms with Gasteiger partial charge in [-0.15, -0.1) is 0 Å². The molecule has 0 aliphatic carbocycles. The topological polar surface area (TPSA) is 78.5 Å². The molecule has 0 aromatic heterocycles. The highest BCUT2D eigenvalue weighted by atomic mass is 19.1. The smallest absolute Gasteiger partial charge is 0.172 e. The third-order valence-corrected chi connectivity index (χ3v) is 3.64. The molecular formula is C16H16F4N2O2. The fraction of sp³-hybridized carbons (Fsp3) is 0.250. The monoisotopic (exact) mass is 344 g/mol. The van der Waals surface area contributed by atoms with Gasteiger partial charge in [0.2, 0.25) is 0 Å². The van der Waals surface area contributed by atoms with Crippen molar-refractivity contribution in [1.29, 1.82) is 0 Å². The van der Waals surface area contributed by atoms with Gasteiger partial charge in [-0.1, -0.05) is 6.92 Å². The van der Waals surface area contributed by atoms with Gasteiger partial charge in [-0.25, -0.2) is 17.6 Å². The van der Waals surface area contributed by atoms with Crippen molar-refractivity contribution in [2.24, 2.45) is 5.73 Å². The van der Waals surface area contributed by atoms with E-state index in [0.29, 0.717) is 0 Å². The molecule has 2 atom stereocenters. The summed E-state index contributed by atoms with van der Waals surface area (Å²) in [6.07, 6.45) is 0. The van der Waals surface area contributed by atoms with E-state index >= 15 is 0 Å². The third kappa shape index (κ3) is 3.15. The zero-order valence-corrected chi connectivity index (χ0v) is 12.7. The summed E-state index contributed by atoms with van der Waals surface area (Å²) < 4.78 is 56.3. The predicted molar refractivity (Wildman–Crippen MR) is 79.4 cm³/mol. The van der Waals surface area contributed by atoms with E-state index in [4.69, 9.17) is 5.73 Å². The Balaban J connectivity index is 2.61. The Morgan fingerprint density at radius 3 is 1.88 bits per heavy atom. The van der Waals surface area contributed by atoms with Gasteiger partial charge in [0.25, 0.3) is 0 Å². The molecule has 2 rings (SSSR count). The van der Waals surface area contributed by atoms with Crippen molar-refractivity contribution in [2.75, 3.05) is 6.54 Å². The van der Waals surface area contributed by atoms with Crippen LogP contribution in [-0.2, 0) is 0 Å². The highest BCUT2D eigenvalue weighted by molar-refractivity contribution is 5.39. The molecule has 0 saturated heterocycles. The number of phenolic OH excluding ortho intramolecular Hbond substituents is 2. The van der Waals surface area contributed by atoms with Crippen LogP contribution in [0.15, 0.2) is 24.3 Å². The number of likely N-dealkylation sites (N-methyl/N-ethyl adjacent to an activating group) is 1. The molecule has 0 fully saturated rings. The van der Waals surface area contributed by atoms with E-state index in [1.165, 1.54) is 0 Å². The summed E-state index contributed by atoms with van der Waals surface area (Å²) in [7, 11) is 0. The number of hydrogen-bond donors (Lipinski definition) is 4. The van der Waals surface area contributed by atoms with E-state index in [2.05, 4.69) is 5.32 Å². The van der Waals surface area contributed by atoms with Gasteiger partial charge in [0, 0.05) is 11.1 Å². The lowest BCUT2D eigenvalue weighted by Gasteiger charge is -2.27. The van der Waals surface area contributed by atoms with E-state index in [1.807, 2.05) is 0 Å². The number of nitrogens with one attached hydrogen (secondary N) is 1. The zero-order chi connectivity index (χ0) is 18.0. The van der Waals surface area contributed by atoms with Gasteiger partial charge in [0.1, 0.15) is 11.6 Å². The highest BCUT2D eigenvalue weighted by Crippen LogP contribution is 2.37. The maximum atomic E-state index is 14.2. The Morgan fingerprint density at radius 2 is 1.38 bits per heavy atom. The predicted octanol–water partition coefficient (Wildman–Crippen LogP) is 3.00. The van der Waals surface area contributed by atoms with Crippen molar-refractivity contribution < 1.29 is 27.8 Å². The molecule has 0 aliphatic heterocycles. The van der Waals surface area contributed by atoms with Gasteiger partial charge >= 0.3 is 0 Å². The zero-order valence-electron chi connectivity index (χ0n) is 12.7. The van der Waals surface area contributed by atoms with Gasteiger partial charge < -0.3 is 21.3 Å². The summed E-state index contributed by atoms with van der Waals surface area (Å²) in [6.45, 7) is 1.78. The highest BCUT2D eigenvalue weighted by Gasteiger charge is 2.32. The van der Waals surface area contributed by atoms with Crippen LogP contribution in [0, 0.1) is 23.3 Å². The Morgan fingerprint density at radius 1 is 0.917 bits per heavy atom. The number of nitrogens with two attached hydrogens (primary N) is 1. The number of benzene rings is 2. The lowest BCUT2D eigenvalue weighted by molar-refractivity contribution is 0.370. The molecule has 0 heterocycles. The van der Waals surface area contributed by atoms with Crippen LogP contribution in [0.3, 0.4) is 0 Å². The minimum atomic E-state index is -1.57. The minimum Gasteiger partial charge on any atom is -0.505 e. The molecule has 130 valence electrons. The first kappa shape index (κ1) is 18.0. The Bertz CT molecular complexity index is 755. The van der Waals surface area contributed by atoms with E-state index in [0.717, 1.165) is 24.3 Å². The SMILES string of the molecule is CCNC(c1c(F)ccc(O)c1F)C(N)c1c(F)ccc(O)c1F. The molecule has 4 nitrogen and oxygen atoms in total. The molecule has 0 saturated carbocycles. The fourth-order valence-electron chi connectivity index (χ4n) is 2.50. The fourth-order valence-corrected chi connectivity index (χ4v) is 2.50. The average molecular weight is 344 g/mol. The molecule has 0 radical (unpaired) electrons. The second-order valence-electron chi connectivity index (χ2n) is 5.15. The van der Waals surface area contributed by atoms with Crippen molar-refractivity contribution in [1.82, 2.24) is 5.32 Å². The van der Waals surface area contributed by atoms with Crippen LogP contribution in [-0.4, -0.2) is 16.8 Å². The summed E-state index contributed by atoms with van der Waals surface area (Å²) in [5.41, 5.74) is 4.48.